The number of aliphatic hydroxyl groups excluding tert-OH is 1. The van der Waals surface area contributed by atoms with E-state index >= 15 is 0 Å². The third-order valence-corrected chi connectivity index (χ3v) is 4.71. The van der Waals surface area contributed by atoms with Gasteiger partial charge in [-0.3, -0.25) is 4.79 Å². The van der Waals surface area contributed by atoms with Gasteiger partial charge in [0.15, 0.2) is 0 Å². The van der Waals surface area contributed by atoms with E-state index in [1.165, 1.54) is 11.0 Å². The molecule has 3 rings (SSSR count). The maximum atomic E-state index is 13.0. The molecule has 4 nitrogen and oxygen atoms in total. The Morgan fingerprint density at radius 3 is 2.80 bits per heavy atom. The Bertz CT molecular complexity index is 699. The molecule has 0 aliphatic carbocycles. The minimum Gasteiger partial charge on any atom is -0.498 e. The Hall–Kier alpha value is -2.02. The summed E-state index contributed by atoms with van der Waals surface area (Å²) in [5, 5.41) is 10.0. The number of carbonyl (C=O) groups excluding carboxylic acids is 1. The topological polar surface area (TPSA) is 49.8 Å². The van der Waals surface area contributed by atoms with E-state index in [1.54, 1.807) is 13.0 Å². The summed E-state index contributed by atoms with van der Waals surface area (Å²) >= 11 is 0. The second kappa shape index (κ2) is 6.71. The van der Waals surface area contributed by atoms with Crippen LogP contribution in [0.4, 0.5) is 13.2 Å². The predicted octanol–water partition coefficient (Wildman–Crippen LogP) is 3.42. The van der Waals surface area contributed by atoms with Crippen LogP contribution >= 0.6 is 0 Å². The molecule has 0 unspecified atom stereocenters. The normalized spacial score (nSPS) is 24.4. The van der Waals surface area contributed by atoms with Gasteiger partial charge >= 0.3 is 6.18 Å². The molecule has 1 N–H and O–H groups in total. The summed E-state index contributed by atoms with van der Waals surface area (Å²) in [4.78, 5) is 14.3. The Balaban J connectivity index is 1.91. The minimum absolute atomic E-state index is 0.108. The molecular weight excluding hydrogens is 335 g/mol. The number of aliphatic hydroxyl groups is 1. The van der Waals surface area contributed by atoms with Crippen molar-refractivity contribution in [2.45, 2.75) is 44.5 Å². The maximum Gasteiger partial charge on any atom is 0.416 e. The van der Waals surface area contributed by atoms with E-state index in [9.17, 15) is 23.1 Å². The van der Waals surface area contributed by atoms with Gasteiger partial charge in [-0.1, -0.05) is 12.1 Å². The third kappa shape index (κ3) is 3.66. The minimum atomic E-state index is -4.45. The Labute approximate surface area is 143 Å². The van der Waals surface area contributed by atoms with Crippen molar-refractivity contribution in [3.63, 3.8) is 0 Å². The second-order valence-electron chi connectivity index (χ2n) is 6.47. The van der Waals surface area contributed by atoms with Crippen LogP contribution in [-0.4, -0.2) is 35.2 Å². The summed E-state index contributed by atoms with van der Waals surface area (Å²) in [6, 6.07) is 4.38. The lowest BCUT2D eigenvalue weighted by Crippen LogP contribution is -2.34. The number of amides is 1. The molecule has 1 aromatic rings. The van der Waals surface area contributed by atoms with Crippen LogP contribution in [0.25, 0.3) is 0 Å². The van der Waals surface area contributed by atoms with E-state index in [-0.39, 0.29) is 18.9 Å². The molecule has 1 fully saturated rings. The SMILES string of the molecule is CC1=C(C(=O)N2C[C@H](O)C[C@@H]2c2cccc(C(F)(F)F)c2)CCCO1. The molecule has 1 saturated heterocycles. The van der Waals surface area contributed by atoms with Gasteiger partial charge in [-0.2, -0.15) is 13.2 Å². The third-order valence-electron chi connectivity index (χ3n) is 4.71. The number of benzene rings is 1. The number of allylic oxidation sites excluding steroid dienone is 1. The summed E-state index contributed by atoms with van der Waals surface area (Å²) < 4.78 is 44.3. The van der Waals surface area contributed by atoms with Crippen LogP contribution in [0.1, 0.15) is 43.4 Å². The van der Waals surface area contributed by atoms with Crippen molar-refractivity contribution in [1.82, 2.24) is 4.90 Å². The molecule has 25 heavy (non-hydrogen) atoms. The molecule has 136 valence electrons. The number of halogens is 3. The van der Waals surface area contributed by atoms with Gasteiger partial charge in [-0.15, -0.1) is 0 Å². The van der Waals surface area contributed by atoms with Crippen LogP contribution in [0, 0.1) is 0 Å². The van der Waals surface area contributed by atoms with Crippen molar-refractivity contribution >= 4 is 5.91 Å². The number of β-amino-alcohol motifs (C(OH)–C–C–N with tert-alkyl or cyclic N) is 1. The number of hydrogen-bond acceptors (Lipinski definition) is 3. The highest BCUT2D eigenvalue weighted by atomic mass is 19.4. The number of carbonyl (C=O) groups is 1. The van der Waals surface area contributed by atoms with E-state index in [1.807, 2.05) is 0 Å². The molecule has 1 aromatic carbocycles. The van der Waals surface area contributed by atoms with Crippen molar-refractivity contribution in [2.75, 3.05) is 13.2 Å². The van der Waals surface area contributed by atoms with Gasteiger partial charge in [0.2, 0.25) is 0 Å². The lowest BCUT2D eigenvalue weighted by molar-refractivity contribution is -0.137. The number of likely N-dealkylation sites (tertiary alicyclic amines) is 1. The van der Waals surface area contributed by atoms with E-state index < -0.39 is 23.9 Å². The first-order valence-corrected chi connectivity index (χ1v) is 8.26. The Kier molecular flexibility index (Phi) is 4.77. The van der Waals surface area contributed by atoms with Gasteiger partial charge in [0.1, 0.15) is 5.76 Å². The first-order valence-electron chi connectivity index (χ1n) is 8.26. The van der Waals surface area contributed by atoms with Gasteiger partial charge in [0.05, 0.1) is 29.9 Å². The zero-order valence-corrected chi connectivity index (χ0v) is 13.8. The number of nitrogens with zero attached hydrogens (tertiary/aromatic N) is 1. The molecular formula is C18H20F3NO3. The first-order chi connectivity index (χ1) is 11.8. The van der Waals surface area contributed by atoms with Crippen LogP contribution in [0.2, 0.25) is 0 Å². The fraction of sp³-hybridized carbons (Fsp3) is 0.500. The van der Waals surface area contributed by atoms with Gasteiger partial charge < -0.3 is 14.7 Å². The molecule has 2 aliphatic rings. The highest BCUT2D eigenvalue weighted by Gasteiger charge is 2.38. The summed E-state index contributed by atoms with van der Waals surface area (Å²) in [6.45, 7) is 2.39. The average molecular weight is 355 g/mol. The van der Waals surface area contributed by atoms with Crippen molar-refractivity contribution in [1.29, 1.82) is 0 Å². The van der Waals surface area contributed by atoms with Gasteiger partial charge in [0, 0.05) is 6.54 Å². The monoisotopic (exact) mass is 355 g/mol. The number of alkyl halides is 3. The summed E-state index contributed by atoms with van der Waals surface area (Å²) in [5.41, 5.74) is 0.169. The van der Waals surface area contributed by atoms with Crippen LogP contribution in [0.15, 0.2) is 35.6 Å². The number of rotatable bonds is 2. The van der Waals surface area contributed by atoms with E-state index in [2.05, 4.69) is 0 Å². The van der Waals surface area contributed by atoms with Crippen molar-refractivity contribution < 1.29 is 27.8 Å². The van der Waals surface area contributed by atoms with Crippen molar-refractivity contribution in [2.24, 2.45) is 0 Å². The average Bonchev–Trinajstić information content (AvgIpc) is 2.96. The van der Waals surface area contributed by atoms with Gasteiger partial charge in [-0.25, -0.2) is 0 Å². The molecule has 1 amide bonds. The van der Waals surface area contributed by atoms with Crippen molar-refractivity contribution in [3.05, 3.63) is 46.7 Å². The molecule has 2 heterocycles. The van der Waals surface area contributed by atoms with Crippen LogP contribution in [-0.2, 0) is 15.7 Å². The zero-order chi connectivity index (χ0) is 18.2. The fourth-order valence-electron chi connectivity index (χ4n) is 3.44. The van der Waals surface area contributed by atoms with Crippen LogP contribution < -0.4 is 0 Å². The zero-order valence-electron chi connectivity index (χ0n) is 13.8. The molecule has 0 bridgehead atoms. The maximum absolute atomic E-state index is 13.0. The van der Waals surface area contributed by atoms with Crippen molar-refractivity contribution in [3.8, 4) is 0 Å². The van der Waals surface area contributed by atoms with Gasteiger partial charge in [0.25, 0.3) is 5.91 Å². The molecule has 0 aromatic heterocycles. The molecule has 7 heteroatoms. The highest BCUT2D eigenvalue weighted by molar-refractivity contribution is 5.94. The standard InChI is InChI=1S/C18H20F3NO3/c1-11-15(6-3-7-25-11)17(24)22-10-14(23)9-16(22)12-4-2-5-13(8-12)18(19,20)21/h2,4-5,8,14,16,23H,3,6-7,9-10H2,1H3/t14-,16-/m1/s1. The first kappa shape index (κ1) is 17.8. The highest BCUT2D eigenvalue weighted by Crippen LogP contribution is 2.37. The smallest absolute Gasteiger partial charge is 0.416 e. The summed E-state index contributed by atoms with van der Waals surface area (Å²) in [6.07, 6.45) is -3.68. The molecule has 0 spiro atoms. The number of ether oxygens (including phenoxy) is 1. The molecule has 0 radical (unpaired) electrons. The largest absolute Gasteiger partial charge is 0.498 e. The molecule has 2 atom stereocenters. The predicted molar refractivity (Wildman–Crippen MR) is 84.4 cm³/mol. The van der Waals surface area contributed by atoms with Gasteiger partial charge in [-0.05, 0) is 43.9 Å². The molecule has 0 saturated carbocycles. The lowest BCUT2D eigenvalue weighted by Gasteiger charge is -2.28. The number of hydrogen-bond donors (Lipinski definition) is 1. The Morgan fingerprint density at radius 1 is 1.36 bits per heavy atom. The van der Waals surface area contributed by atoms with E-state index in [0.717, 1.165) is 18.6 Å². The lowest BCUT2D eigenvalue weighted by atomic mass is 9.99. The van der Waals surface area contributed by atoms with Crippen LogP contribution in [0.5, 0.6) is 0 Å². The van der Waals surface area contributed by atoms with E-state index in [4.69, 9.17) is 4.74 Å². The molecule has 2 aliphatic heterocycles. The second-order valence-corrected chi connectivity index (χ2v) is 6.47. The Morgan fingerprint density at radius 2 is 2.12 bits per heavy atom. The summed E-state index contributed by atoms with van der Waals surface area (Å²) in [7, 11) is 0. The van der Waals surface area contributed by atoms with Crippen LogP contribution in [0.3, 0.4) is 0 Å². The summed E-state index contributed by atoms with van der Waals surface area (Å²) in [5.74, 6) is 0.289. The quantitative estimate of drug-likeness (QED) is 0.884. The fourth-order valence-corrected chi connectivity index (χ4v) is 3.44. The van der Waals surface area contributed by atoms with E-state index in [0.29, 0.717) is 29.9 Å².